The van der Waals surface area contributed by atoms with Crippen LogP contribution >= 0.6 is 0 Å². The molecule has 1 amide bonds. The third-order valence-electron chi connectivity index (χ3n) is 2.94. The first kappa shape index (κ1) is 16.3. The first-order valence-corrected chi connectivity index (χ1v) is 7.21. The average molecular weight is 310 g/mol. The number of phenolic OH excluding ortho intramolecular Hbond substituents is 1. The van der Waals surface area contributed by atoms with Gasteiger partial charge in [0.05, 0.1) is 12.2 Å². The minimum absolute atomic E-state index is 0.111. The number of amides is 1. The number of nitrogens with one attached hydrogen (secondary N) is 1. The quantitative estimate of drug-likeness (QED) is 0.635. The molecule has 5 heteroatoms. The Kier molecular flexibility index (Phi) is 5.94. The van der Waals surface area contributed by atoms with E-state index in [1.165, 1.54) is 18.3 Å². The normalized spacial score (nSPS) is 11.0. The number of ether oxygens (including phenoxy) is 1. The molecule has 0 heterocycles. The molecule has 0 radical (unpaired) electrons. The lowest BCUT2D eigenvalue weighted by Gasteiger charge is -2.07. The minimum Gasteiger partial charge on any atom is -0.507 e. The third kappa shape index (κ3) is 5.00. The molecule has 0 saturated heterocycles. The first-order chi connectivity index (χ1) is 11.2. The van der Waals surface area contributed by atoms with E-state index in [0.717, 1.165) is 5.56 Å². The van der Waals surface area contributed by atoms with Crippen molar-refractivity contribution < 1.29 is 14.6 Å². The standard InChI is InChI=1S/C18H18N2O3/c1-2-23-15-10-11-17(21)16(13-15)18(22)20-19-12-6-9-14-7-4-3-5-8-14/h3-13,21H,2H2,1H3,(H,20,22)/b9-6+,19-12+. The molecule has 118 valence electrons. The van der Waals surface area contributed by atoms with E-state index in [1.807, 2.05) is 43.3 Å². The lowest BCUT2D eigenvalue weighted by molar-refractivity contribution is 0.0952. The first-order valence-electron chi connectivity index (χ1n) is 7.21. The van der Waals surface area contributed by atoms with Crippen LogP contribution < -0.4 is 10.2 Å². The van der Waals surface area contributed by atoms with Gasteiger partial charge in [-0.25, -0.2) is 5.43 Å². The summed E-state index contributed by atoms with van der Waals surface area (Å²) in [7, 11) is 0. The highest BCUT2D eigenvalue weighted by Crippen LogP contribution is 2.22. The van der Waals surface area contributed by atoms with Crippen LogP contribution in [-0.4, -0.2) is 23.8 Å². The summed E-state index contributed by atoms with van der Waals surface area (Å²) in [6.45, 7) is 2.32. The Labute approximate surface area is 134 Å². The number of allylic oxidation sites excluding steroid dienone is 1. The lowest BCUT2D eigenvalue weighted by Crippen LogP contribution is -2.17. The highest BCUT2D eigenvalue weighted by atomic mass is 16.5. The van der Waals surface area contributed by atoms with E-state index in [4.69, 9.17) is 4.74 Å². The molecule has 0 bridgehead atoms. The number of aromatic hydroxyl groups is 1. The van der Waals surface area contributed by atoms with Gasteiger partial charge in [0.25, 0.3) is 5.91 Å². The highest BCUT2D eigenvalue weighted by Gasteiger charge is 2.11. The maximum atomic E-state index is 12.0. The van der Waals surface area contributed by atoms with Gasteiger partial charge in [-0.3, -0.25) is 4.79 Å². The van der Waals surface area contributed by atoms with Gasteiger partial charge < -0.3 is 9.84 Å². The van der Waals surface area contributed by atoms with E-state index in [-0.39, 0.29) is 11.3 Å². The molecule has 0 aromatic heterocycles. The molecule has 5 nitrogen and oxygen atoms in total. The summed E-state index contributed by atoms with van der Waals surface area (Å²) in [4.78, 5) is 12.0. The van der Waals surface area contributed by atoms with E-state index < -0.39 is 5.91 Å². The van der Waals surface area contributed by atoms with Crippen molar-refractivity contribution in [3.05, 3.63) is 65.7 Å². The Morgan fingerprint density at radius 1 is 1.26 bits per heavy atom. The molecule has 0 atom stereocenters. The van der Waals surface area contributed by atoms with Crippen LogP contribution in [0, 0.1) is 0 Å². The predicted octanol–water partition coefficient (Wildman–Crippen LogP) is 3.22. The Morgan fingerprint density at radius 3 is 2.78 bits per heavy atom. The van der Waals surface area contributed by atoms with Gasteiger partial charge in [-0.05, 0) is 36.8 Å². The summed E-state index contributed by atoms with van der Waals surface area (Å²) < 4.78 is 5.30. The number of hydrogen-bond donors (Lipinski definition) is 2. The third-order valence-corrected chi connectivity index (χ3v) is 2.94. The van der Waals surface area contributed by atoms with Crippen molar-refractivity contribution in [2.45, 2.75) is 6.92 Å². The van der Waals surface area contributed by atoms with Crippen LogP contribution in [0.3, 0.4) is 0 Å². The van der Waals surface area contributed by atoms with Crippen LogP contribution in [0.4, 0.5) is 0 Å². The lowest BCUT2D eigenvalue weighted by atomic mass is 10.2. The van der Waals surface area contributed by atoms with Crippen LogP contribution in [0.1, 0.15) is 22.8 Å². The van der Waals surface area contributed by atoms with Crippen LogP contribution in [0.5, 0.6) is 11.5 Å². The van der Waals surface area contributed by atoms with Crippen molar-refractivity contribution in [1.82, 2.24) is 5.43 Å². The SMILES string of the molecule is CCOc1ccc(O)c(C(=O)N/N=C/C=C/c2ccccc2)c1. The molecule has 0 aliphatic heterocycles. The summed E-state index contributed by atoms with van der Waals surface area (Å²) in [6.07, 6.45) is 5.04. The zero-order valence-electron chi connectivity index (χ0n) is 12.8. The van der Waals surface area contributed by atoms with Gasteiger partial charge in [-0.1, -0.05) is 36.4 Å². The monoisotopic (exact) mass is 310 g/mol. The van der Waals surface area contributed by atoms with Crippen molar-refractivity contribution in [3.8, 4) is 11.5 Å². The molecule has 23 heavy (non-hydrogen) atoms. The second-order valence-corrected chi connectivity index (χ2v) is 4.60. The molecule has 0 unspecified atom stereocenters. The van der Waals surface area contributed by atoms with Crippen molar-refractivity contribution in [2.75, 3.05) is 6.61 Å². The summed E-state index contributed by atoms with van der Waals surface area (Å²) in [5, 5.41) is 13.6. The van der Waals surface area contributed by atoms with Gasteiger partial charge in [-0.2, -0.15) is 5.10 Å². The fourth-order valence-electron chi connectivity index (χ4n) is 1.87. The van der Waals surface area contributed by atoms with E-state index >= 15 is 0 Å². The van der Waals surface area contributed by atoms with E-state index in [1.54, 1.807) is 12.1 Å². The van der Waals surface area contributed by atoms with Gasteiger partial charge in [0.1, 0.15) is 11.5 Å². The molecule has 2 rings (SSSR count). The number of phenols is 1. The summed E-state index contributed by atoms with van der Waals surface area (Å²) in [5.74, 6) is -0.113. The van der Waals surface area contributed by atoms with Crippen molar-refractivity contribution in [3.63, 3.8) is 0 Å². The molecule has 2 aromatic rings. The van der Waals surface area contributed by atoms with Gasteiger partial charge in [0.15, 0.2) is 0 Å². The smallest absolute Gasteiger partial charge is 0.275 e. The average Bonchev–Trinajstić information content (AvgIpc) is 2.57. The molecule has 0 aliphatic carbocycles. The maximum absolute atomic E-state index is 12.0. The molecule has 0 spiro atoms. The molecular formula is C18H18N2O3. The van der Waals surface area contributed by atoms with Crippen LogP contribution in [-0.2, 0) is 0 Å². The van der Waals surface area contributed by atoms with Gasteiger partial charge in [-0.15, -0.1) is 0 Å². The van der Waals surface area contributed by atoms with Crippen molar-refractivity contribution >= 4 is 18.2 Å². The van der Waals surface area contributed by atoms with Crippen molar-refractivity contribution in [2.24, 2.45) is 5.10 Å². The summed E-state index contributed by atoms with van der Waals surface area (Å²) >= 11 is 0. The fourth-order valence-corrected chi connectivity index (χ4v) is 1.87. The molecule has 2 aromatic carbocycles. The van der Waals surface area contributed by atoms with Gasteiger partial charge >= 0.3 is 0 Å². The summed E-state index contributed by atoms with van der Waals surface area (Å²) in [5.41, 5.74) is 3.50. The predicted molar refractivity (Wildman–Crippen MR) is 90.7 cm³/mol. The molecule has 0 saturated carbocycles. The molecular weight excluding hydrogens is 292 g/mol. The molecule has 2 N–H and O–H groups in total. The molecule has 0 aliphatic rings. The minimum atomic E-state index is -0.506. The number of hydrogen-bond acceptors (Lipinski definition) is 4. The number of benzene rings is 2. The highest BCUT2D eigenvalue weighted by molar-refractivity contribution is 5.97. The van der Waals surface area contributed by atoms with E-state index in [2.05, 4.69) is 10.5 Å². The number of nitrogens with zero attached hydrogens (tertiary/aromatic N) is 1. The number of hydrazone groups is 1. The van der Waals surface area contributed by atoms with E-state index in [0.29, 0.717) is 12.4 Å². The summed E-state index contributed by atoms with van der Waals surface area (Å²) in [6, 6.07) is 14.2. The number of carbonyl (C=O) groups excluding carboxylic acids is 1. The maximum Gasteiger partial charge on any atom is 0.275 e. The zero-order chi connectivity index (χ0) is 16.5. The Morgan fingerprint density at radius 2 is 2.04 bits per heavy atom. The second-order valence-electron chi connectivity index (χ2n) is 4.60. The van der Waals surface area contributed by atoms with Crippen LogP contribution in [0.25, 0.3) is 6.08 Å². The van der Waals surface area contributed by atoms with Gasteiger partial charge in [0, 0.05) is 6.21 Å². The largest absolute Gasteiger partial charge is 0.507 e. The number of carbonyl (C=O) groups is 1. The number of rotatable bonds is 6. The Balaban J connectivity index is 1.95. The fraction of sp³-hybridized carbons (Fsp3) is 0.111. The zero-order valence-corrected chi connectivity index (χ0v) is 12.8. The van der Waals surface area contributed by atoms with Crippen molar-refractivity contribution in [1.29, 1.82) is 0 Å². The van der Waals surface area contributed by atoms with E-state index in [9.17, 15) is 9.90 Å². The Hall–Kier alpha value is -3.08. The Bertz CT molecular complexity index is 709. The second kappa shape index (κ2) is 8.38. The van der Waals surface area contributed by atoms with Crippen LogP contribution in [0.15, 0.2) is 59.7 Å². The van der Waals surface area contributed by atoms with Gasteiger partial charge in [0.2, 0.25) is 0 Å². The topological polar surface area (TPSA) is 70.9 Å². The van der Waals surface area contributed by atoms with Crippen LogP contribution in [0.2, 0.25) is 0 Å². The molecule has 0 fully saturated rings.